The van der Waals surface area contributed by atoms with Gasteiger partial charge < -0.3 is 14.2 Å². The highest BCUT2D eigenvalue weighted by Gasteiger charge is 2.19. The number of rotatable bonds is 68. The molecule has 1 unspecified atom stereocenters. The lowest BCUT2D eigenvalue weighted by atomic mass is 10.0. The van der Waals surface area contributed by atoms with E-state index in [9.17, 15) is 14.4 Å². The smallest absolute Gasteiger partial charge is 0.306 e. The van der Waals surface area contributed by atoms with Crippen molar-refractivity contribution in [3.63, 3.8) is 0 Å². The highest BCUT2D eigenvalue weighted by molar-refractivity contribution is 5.71. The third kappa shape index (κ3) is 69.8. The van der Waals surface area contributed by atoms with Crippen molar-refractivity contribution >= 4 is 17.9 Å². The molecule has 6 heteroatoms. The van der Waals surface area contributed by atoms with Crippen LogP contribution in [0.1, 0.15) is 393 Å². The molecule has 0 saturated heterocycles. The summed E-state index contributed by atoms with van der Waals surface area (Å²) in [6.07, 6.45) is 93.3. The van der Waals surface area contributed by atoms with Crippen molar-refractivity contribution in [2.45, 2.75) is 399 Å². The molecule has 0 N–H and O–H groups in total. The molecule has 484 valence electrons. The Morgan fingerprint density at radius 1 is 0.253 bits per heavy atom. The van der Waals surface area contributed by atoms with Gasteiger partial charge in [-0.1, -0.05) is 370 Å². The van der Waals surface area contributed by atoms with Crippen molar-refractivity contribution < 1.29 is 28.6 Å². The van der Waals surface area contributed by atoms with E-state index in [4.69, 9.17) is 14.2 Å². The minimum atomic E-state index is -0.767. The zero-order valence-corrected chi connectivity index (χ0v) is 55.7. The summed E-state index contributed by atoms with van der Waals surface area (Å²) in [7, 11) is 0. The molecule has 1 atom stereocenters. The Morgan fingerprint density at radius 3 is 0.735 bits per heavy atom. The number of carbonyl (C=O) groups is 3. The quantitative estimate of drug-likeness (QED) is 0.0261. The Bertz CT molecular complexity index is 1470. The van der Waals surface area contributed by atoms with Crippen molar-refractivity contribution in [3.8, 4) is 0 Å². The van der Waals surface area contributed by atoms with Crippen LogP contribution >= 0.6 is 0 Å². The average molecular weight is 1160 g/mol. The van der Waals surface area contributed by atoms with Gasteiger partial charge in [-0.2, -0.15) is 0 Å². The first kappa shape index (κ1) is 80.1. The zero-order valence-electron chi connectivity index (χ0n) is 55.7. The first-order valence-corrected chi connectivity index (χ1v) is 36.8. The lowest BCUT2D eigenvalue weighted by Gasteiger charge is -2.18. The number of hydrogen-bond acceptors (Lipinski definition) is 6. The summed E-state index contributed by atoms with van der Waals surface area (Å²) >= 11 is 0. The number of unbranched alkanes of at least 4 members (excludes halogenated alkanes) is 47. The van der Waals surface area contributed by atoms with Gasteiger partial charge in [0.05, 0.1) is 0 Å². The second kappa shape index (κ2) is 71.6. The topological polar surface area (TPSA) is 78.9 Å². The van der Waals surface area contributed by atoms with E-state index in [0.29, 0.717) is 19.3 Å². The second-order valence-corrected chi connectivity index (χ2v) is 24.8. The van der Waals surface area contributed by atoms with Crippen LogP contribution in [0.3, 0.4) is 0 Å². The summed E-state index contributed by atoms with van der Waals surface area (Å²) < 4.78 is 16.8. The van der Waals surface area contributed by atoms with Gasteiger partial charge in [-0.3, -0.25) is 14.4 Å². The number of esters is 3. The molecule has 0 rings (SSSR count). The van der Waals surface area contributed by atoms with Gasteiger partial charge in [0.15, 0.2) is 6.10 Å². The van der Waals surface area contributed by atoms with E-state index in [0.717, 1.165) is 96.3 Å². The molecule has 0 aromatic rings. The summed E-state index contributed by atoms with van der Waals surface area (Å²) in [6.45, 7) is 6.51. The second-order valence-electron chi connectivity index (χ2n) is 24.8. The molecular weight excluding hydrogens is 1020 g/mol. The van der Waals surface area contributed by atoms with Gasteiger partial charge in [-0.05, 0) is 64.2 Å². The fourth-order valence-electron chi connectivity index (χ4n) is 11.1. The fraction of sp³-hybridized carbons (Fsp3) is 0.831. The number of allylic oxidation sites excluding steroid dienone is 10. The summed E-state index contributed by atoms with van der Waals surface area (Å²) in [5.41, 5.74) is 0. The van der Waals surface area contributed by atoms with E-state index in [-0.39, 0.29) is 31.1 Å². The predicted molar refractivity (Wildman–Crippen MR) is 362 cm³/mol. The summed E-state index contributed by atoms with van der Waals surface area (Å²) in [5, 5.41) is 0. The van der Waals surface area contributed by atoms with Crippen LogP contribution < -0.4 is 0 Å². The highest BCUT2D eigenvalue weighted by Crippen LogP contribution is 2.19. The van der Waals surface area contributed by atoms with Crippen LogP contribution in [0.5, 0.6) is 0 Å². The molecule has 0 heterocycles. The summed E-state index contributed by atoms with van der Waals surface area (Å²) in [6, 6.07) is 0. The van der Waals surface area contributed by atoms with E-state index in [1.54, 1.807) is 0 Å². The van der Waals surface area contributed by atoms with Crippen molar-refractivity contribution in [2.24, 2.45) is 0 Å². The minimum absolute atomic E-state index is 0.0681. The minimum Gasteiger partial charge on any atom is -0.462 e. The lowest BCUT2D eigenvalue weighted by molar-refractivity contribution is -0.167. The highest BCUT2D eigenvalue weighted by atomic mass is 16.6. The van der Waals surface area contributed by atoms with Gasteiger partial charge in [0.1, 0.15) is 13.2 Å². The molecule has 0 bridgehead atoms. The molecular formula is C77H140O6. The van der Waals surface area contributed by atoms with Crippen LogP contribution in [0.4, 0.5) is 0 Å². The molecule has 0 radical (unpaired) electrons. The molecule has 83 heavy (non-hydrogen) atoms. The third-order valence-electron chi connectivity index (χ3n) is 16.5. The fourth-order valence-corrected chi connectivity index (χ4v) is 11.1. The van der Waals surface area contributed by atoms with E-state index in [2.05, 4.69) is 81.5 Å². The Balaban J connectivity index is 3.90. The van der Waals surface area contributed by atoms with E-state index in [1.807, 2.05) is 0 Å². The van der Waals surface area contributed by atoms with Crippen molar-refractivity contribution in [1.82, 2.24) is 0 Å². The summed E-state index contributed by atoms with van der Waals surface area (Å²) in [5.74, 6) is -0.856. The van der Waals surface area contributed by atoms with Crippen molar-refractivity contribution in [3.05, 3.63) is 60.8 Å². The SMILES string of the molecule is CC/C=C\C/C=C\C/C=C\C/C=C\C/C=C\CCCCCCCCCCCCCCCCCCCC(=O)OCC(COC(=O)CCCCCCC)OC(=O)CCCCCCCCCCCCCCCCCCCCCCCCCCCCC. The Hall–Kier alpha value is -2.89. The maximum absolute atomic E-state index is 12.9. The van der Waals surface area contributed by atoms with Gasteiger partial charge in [0.25, 0.3) is 0 Å². The van der Waals surface area contributed by atoms with Crippen LogP contribution in [0.2, 0.25) is 0 Å². The van der Waals surface area contributed by atoms with Crippen LogP contribution in [0.15, 0.2) is 60.8 Å². The maximum atomic E-state index is 12.9. The zero-order chi connectivity index (χ0) is 59.9. The molecule has 0 saturated carbocycles. The van der Waals surface area contributed by atoms with E-state index < -0.39 is 6.10 Å². The summed E-state index contributed by atoms with van der Waals surface area (Å²) in [4.78, 5) is 38.1. The molecule has 0 aliphatic carbocycles. The number of hydrogen-bond donors (Lipinski definition) is 0. The number of carbonyl (C=O) groups excluding carboxylic acids is 3. The molecule has 0 aromatic heterocycles. The third-order valence-corrected chi connectivity index (χ3v) is 16.5. The molecule has 0 aliphatic heterocycles. The monoisotopic (exact) mass is 1160 g/mol. The molecule has 0 spiro atoms. The van der Waals surface area contributed by atoms with Crippen LogP contribution in [-0.2, 0) is 28.6 Å². The van der Waals surface area contributed by atoms with E-state index >= 15 is 0 Å². The average Bonchev–Trinajstić information content (AvgIpc) is 3.49. The largest absolute Gasteiger partial charge is 0.462 e. The normalized spacial score (nSPS) is 12.4. The van der Waals surface area contributed by atoms with Gasteiger partial charge in [-0.15, -0.1) is 0 Å². The first-order valence-electron chi connectivity index (χ1n) is 36.8. The lowest BCUT2D eigenvalue weighted by Crippen LogP contribution is -2.30. The molecule has 6 nitrogen and oxygen atoms in total. The Morgan fingerprint density at radius 2 is 0.470 bits per heavy atom. The Kier molecular flexibility index (Phi) is 69.1. The standard InChI is InChI=1S/C77H140O6/c1-4-7-10-13-15-17-19-21-23-25-27-29-31-33-35-36-37-38-39-40-42-43-45-47-49-51-53-55-57-59-61-64-67-70-76(79)82-73-74(72-81-75(78)69-66-63-12-9-6-3)83-77(80)71-68-65-62-60-58-56-54-52-50-48-46-44-41-34-32-30-28-26-24-22-20-18-16-14-11-8-5-2/h7,10,15,17,21,23,27,29,33,35,74H,4-6,8-9,11-14,16,18-20,22,24-26,28,30-32,34,36-73H2,1-3H3/b10-7-,17-15-,23-21-,29-27-,35-33-. The Labute approximate surface area is 517 Å². The number of ether oxygens (including phenoxy) is 3. The molecule has 0 aliphatic rings. The maximum Gasteiger partial charge on any atom is 0.306 e. The van der Waals surface area contributed by atoms with Gasteiger partial charge in [0, 0.05) is 19.3 Å². The van der Waals surface area contributed by atoms with Gasteiger partial charge >= 0.3 is 17.9 Å². The van der Waals surface area contributed by atoms with Gasteiger partial charge in [0.2, 0.25) is 0 Å². The van der Waals surface area contributed by atoms with Crippen LogP contribution in [0.25, 0.3) is 0 Å². The predicted octanol–water partition coefficient (Wildman–Crippen LogP) is 25.5. The molecule has 0 fully saturated rings. The van der Waals surface area contributed by atoms with Crippen molar-refractivity contribution in [1.29, 1.82) is 0 Å². The van der Waals surface area contributed by atoms with Gasteiger partial charge in [-0.25, -0.2) is 0 Å². The van der Waals surface area contributed by atoms with Crippen LogP contribution in [0, 0.1) is 0 Å². The first-order chi connectivity index (χ1) is 41.0. The molecule has 0 aromatic carbocycles. The van der Waals surface area contributed by atoms with Crippen LogP contribution in [-0.4, -0.2) is 37.2 Å². The van der Waals surface area contributed by atoms with Crippen molar-refractivity contribution in [2.75, 3.05) is 13.2 Å². The van der Waals surface area contributed by atoms with E-state index in [1.165, 1.54) is 257 Å². The molecule has 0 amide bonds.